The van der Waals surface area contributed by atoms with Gasteiger partial charge in [0.1, 0.15) is 0 Å². The largest absolute Gasteiger partial charge is 0.396 e. The fourth-order valence-corrected chi connectivity index (χ4v) is 3.07. The fraction of sp³-hybridized carbons (Fsp3) is 0.588. The van der Waals surface area contributed by atoms with E-state index in [0.29, 0.717) is 6.42 Å². The minimum atomic E-state index is -0.437. The second kappa shape index (κ2) is 7.05. The lowest BCUT2D eigenvalue weighted by Crippen LogP contribution is -2.46. The number of carbonyl (C=O) groups is 1. The van der Waals surface area contributed by atoms with Crippen LogP contribution < -0.4 is 5.32 Å². The Morgan fingerprint density at radius 1 is 1.38 bits per heavy atom. The molecule has 2 N–H and O–H groups in total. The summed E-state index contributed by atoms with van der Waals surface area (Å²) in [4.78, 5) is 14.8. The molecule has 4 heteroatoms. The van der Waals surface area contributed by atoms with Gasteiger partial charge in [-0.25, -0.2) is 0 Å². The second-order valence-corrected chi connectivity index (χ2v) is 6.33. The van der Waals surface area contributed by atoms with E-state index in [2.05, 4.69) is 22.3 Å². The molecule has 0 saturated carbocycles. The molecule has 1 aromatic rings. The maximum absolute atomic E-state index is 12.5. The minimum Gasteiger partial charge on any atom is -0.396 e. The van der Waals surface area contributed by atoms with E-state index in [4.69, 9.17) is 0 Å². The normalized spacial score (nSPS) is 22.7. The van der Waals surface area contributed by atoms with Crippen LogP contribution >= 0.6 is 0 Å². The van der Waals surface area contributed by atoms with Gasteiger partial charge in [0.05, 0.1) is 5.41 Å². The van der Waals surface area contributed by atoms with Crippen LogP contribution in [0.1, 0.15) is 32.3 Å². The molecular weight excluding hydrogens is 264 g/mol. The molecule has 21 heavy (non-hydrogen) atoms. The number of aliphatic hydroxyl groups excluding tert-OH is 1. The van der Waals surface area contributed by atoms with E-state index in [-0.39, 0.29) is 18.6 Å². The van der Waals surface area contributed by atoms with Crippen molar-refractivity contribution in [3.8, 4) is 0 Å². The van der Waals surface area contributed by atoms with Crippen molar-refractivity contribution < 1.29 is 9.90 Å². The van der Waals surface area contributed by atoms with E-state index in [1.807, 2.05) is 32.0 Å². The van der Waals surface area contributed by atoms with Crippen LogP contribution in [0, 0.1) is 5.41 Å². The number of likely N-dealkylation sites (tertiary alicyclic amines) is 1. The Morgan fingerprint density at radius 2 is 2.10 bits per heavy atom. The summed E-state index contributed by atoms with van der Waals surface area (Å²) in [6.45, 7) is 6.50. The van der Waals surface area contributed by atoms with Crippen molar-refractivity contribution >= 4 is 5.91 Å². The number of aliphatic hydroxyl groups is 1. The van der Waals surface area contributed by atoms with E-state index in [1.165, 1.54) is 5.56 Å². The molecule has 1 atom stereocenters. The van der Waals surface area contributed by atoms with Crippen molar-refractivity contribution in [2.75, 3.05) is 19.7 Å². The minimum absolute atomic E-state index is 0.0602. The highest BCUT2D eigenvalue weighted by Crippen LogP contribution is 2.35. The van der Waals surface area contributed by atoms with E-state index in [1.54, 1.807) is 0 Å². The number of benzene rings is 1. The smallest absolute Gasteiger partial charge is 0.227 e. The Labute approximate surface area is 127 Å². The lowest BCUT2D eigenvalue weighted by molar-refractivity contribution is -0.132. The Balaban J connectivity index is 2.03. The summed E-state index contributed by atoms with van der Waals surface area (Å²) >= 11 is 0. The van der Waals surface area contributed by atoms with Crippen molar-refractivity contribution in [3.05, 3.63) is 35.9 Å². The molecule has 0 aromatic heterocycles. The molecule has 1 amide bonds. The zero-order chi connectivity index (χ0) is 15.3. The molecule has 1 fully saturated rings. The number of hydrogen-bond donors (Lipinski definition) is 2. The van der Waals surface area contributed by atoms with Crippen molar-refractivity contribution in [1.29, 1.82) is 0 Å². The van der Waals surface area contributed by atoms with Gasteiger partial charge in [0.25, 0.3) is 0 Å². The van der Waals surface area contributed by atoms with Crippen LogP contribution in [0.4, 0.5) is 0 Å². The van der Waals surface area contributed by atoms with Gasteiger partial charge in [-0.1, -0.05) is 30.3 Å². The summed E-state index contributed by atoms with van der Waals surface area (Å²) < 4.78 is 0. The lowest BCUT2D eigenvalue weighted by Gasteiger charge is -2.28. The number of amides is 1. The monoisotopic (exact) mass is 290 g/mol. The molecule has 2 rings (SSSR count). The van der Waals surface area contributed by atoms with Gasteiger partial charge in [-0.05, 0) is 38.8 Å². The van der Waals surface area contributed by atoms with E-state index >= 15 is 0 Å². The number of nitrogens with one attached hydrogen (secondary N) is 1. The number of nitrogens with zero attached hydrogens (tertiary/aromatic N) is 1. The summed E-state index contributed by atoms with van der Waals surface area (Å²) in [7, 11) is 0. The van der Waals surface area contributed by atoms with Gasteiger partial charge in [-0.15, -0.1) is 0 Å². The summed E-state index contributed by atoms with van der Waals surface area (Å²) in [6, 6.07) is 10.5. The van der Waals surface area contributed by atoms with E-state index < -0.39 is 5.41 Å². The number of carbonyl (C=O) groups excluding carboxylic acids is 1. The molecule has 116 valence electrons. The molecule has 1 saturated heterocycles. The van der Waals surface area contributed by atoms with Crippen molar-refractivity contribution in [3.63, 3.8) is 0 Å². The van der Waals surface area contributed by atoms with Crippen LogP contribution in [0.2, 0.25) is 0 Å². The average Bonchev–Trinajstić information content (AvgIpc) is 2.84. The van der Waals surface area contributed by atoms with Gasteiger partial charge in [0, 0.05) is 25.7 Å². The summed E-state index contributed by atoms with van der Waals surface area (Å²) in [5.41, 5.74) is 0.829. The van der Waals surface area contributed by atoms with Crippen LogP contribution in [-0.2, 0) is 11.3 Å². The summed E-state index contributed by atoms with van der Waals surface area (Å²) in [6.07, 6.45) is 1.36. The third-order valence-corrected chi connectivity index (χ3v) is 4.17. The maximum atomic E-state index is 12.5. The first kappa shape index (κ1) is 16.0. The van der Waals surface area contributed by atoms with E-state index in [0.717, 1.165) is 26.1 Å². The van der Waals surface area contributed by atoms with Gasteiger partial charge < -0.3 is 10.4 Å². The lowest BCUT2D eigenvalue weighted by atomic mass is 9.82. The quantitative estimate of drug-likeness (QED) is 0.840. The molecule has 1 heterocycles. The van der Waals surface area contributed by atoms with Gasteiger partial charge in [-0.2, -0.15) is 0 Å². The van der Waals surface area contributed by atoms with Gasteiger partial charge >= 0.3 is 0 Å². The SMILES string of the molecule is CC(C)NC(=O)C1(CCO)CCN(Cc2ccccc2)C1. The first-order chi connectivity index (χ1) is 10.1. The molecule has 1 unspecified atom stereocenters. The average molecular weight is 290 g/mol. The highest BCUT2D eigenvalue weighted by Gasteiger charge is 2.43. The van der Waals surface area contributed by atoms with Crippen LogP contribution in [-0.4, -0.2) is 41.7 Å². The molecule has 1 aliphatic heterocycles. The highest BCUT2D eigenvalue weighted by atomic mass is 16.3. The van der Waals surface area contributed by atoms with Crippen LogP contribution in [0.5, 0.6) is 0 Å². The third kappa shape index (κ3) is 4.05. The maximum Gasteiger partial charge on any atom is 0.227 e. The highest BCUT2D eigenvalue weighted by molar-refractivity contribution is 5.83. The molecule has 1 aromatic carbocycles. The number of rotatable bonds is 6. The van der Waals surface area contributed by atoms with Crippen LogP contribution in [0.25, 0.3) is 0 Å². The molecule has 0 radical (unpaired) electrons. The van der Waals surface area contributed by atoms with Crippen LogP contribution in [0.15, 0.2) is 30.3 Å². The second-order valence-electron chi connectivity index (χ2n) is 6.33. The zero-order valence-corrected chi connectivity index (χ0v) is 13.0. The Morgan fingerprint density at radius 3 is 2.71 bits per heavy atom. The Bertz CT molecular complexity index is 461. The summed E-state index contributed by atoms with van der Waals surface area (Å²) in [5.74, 6) is 0.0853. The predicted molar refractivity (Wildman–Crippen MR) is 83.8 cm³/mol. The van der Waals surface area contributed by atoms with Crippen molar-refractivity contribution in [2.24, 2.45) is 5.41 Å². The van der Waals surface area contributed by atoms with Gasteiger partial charge in [0.2, 0.25) is 5.91 Å². The van der Waals surface area contributed by atoms with E-state index in [9.17, 15) is 9.90 Å². The Hall–Kier alpha value is -1.39. The predicted octanol–water partition coefficient (Wildman–Crippen LogP) is 1.79. The Kier molecular flexibility index (Phi) is 5.37. The standard InChI is InChI=1S/C17H26N2O2/c1-14(2)18-16(21)17(9-11-20)8-10-19(13-17)12-15-6-4-3-5-7-15/h3-7,14,20H,8-13H2,1-2H3,(H,18,21). The molecular formula is C17H26N2O2. The third-order valence-electron chi connectivity index (χ3n) is 4.17. The van der Waals surface area contributed by atoms with Crippen molar-refractivity contribution in [1.82, 2.24) is 10.2 Å². The van der Waals surface area contributed by atoms with Crippen LogP contribution in [0.3, 0.4) is 0 Å². The van der Waals surface area contributed by atoms with Gasteiger partial charge in [0.15, 0.2) is 0 Å². The topological polar surface area (TPSA) is 52.6 Å². The first-order valence-electron chi connectivity index (χ1n) is 7.74. The first-order valence-corrected chi connectivity index (χ1v) is 7.74. The molecule has 0 bridgehead atoms. The molecule has 0 spiro atoms. The zero-order valence-electron chi connectivity index (χ0n) is 13.0. The molecule has 0 aliphatic carbocycles. The molecule has 1 aliphatic rings. The number of hydrogen-bond acceptors (Lipinski definition) is 3. The van der Waals surface area contributed by atoms with Gasteiger partial charge in [-0.3, -0.25) is 9.69 Å². The fourth-order valence-electron chi connectivity index (χ4n) is 3.07. The molecule has 4 nitrogen and oxygen atoms in total. The summed E-state index contributed by atoms with van der Waals surface area (Å²) in [5, 5.41) is 12.4. The van der Waals surface area contributed by atoms with Crippen molar-refractivity contribution in [2.45, 2.75) is 39.3 Å².